The number of methoxy groups -OCH3 is 1. The Morgan fingerprint density at radius 2 is 1.76 bits per heavy atom. The summed E-state index contributed by atoms with van der Waals surface area (Å²) >= 11 is 0. The van der Waals surface area contributed by atoms with Crippen molar-refractivity contribution in [2.75, 3.05) is 12.4 Å². The van der Waals surface area contributed by atoms with Gasteiger partial charge >= 0.3 is 0 Å². The zero-order valence-electron chi connectivity index (χ0n) is 13.9. The summed E-state index contributed by atoms with van der Waals surface area (Å²) in [4.78, 5) is 21.1. The number of hydrogen-bond acceptors (Lipinski definition) is 5. The van der Waals surface area contributed by atoms with E-state index in [0.29, 0.717) is 22.9 Å². The number of amides is 1. The van der Waals surface area contributed by atoms with E-state index in [1.54, 1.807) is 38.3 Å². The predicted octanol–water partition coefficient (Wildman–Crippen LogP) is 3.84. The van der Waals surface area contributed by atoms with Crippen LogP contribution in [0.2, 0.25) is 0 Å². The number of carbonyl (C=O) groups is 1. The highest BCUT2D eigenvalue weighted by Gasteiger charge is 2.16. The van der Waals surface area contributed by atoms with E-state index in [1.165, 1.54) is 6.20 Å². The Balaban J connectivity index is 1.83. The van der Waals surface area contributed by atoms with Gasteiger partial charge in [0, 0.05) is 0 Å². The van der Waals surface area contributed by atoms with Gasteiger partial charge in [0.05, 0.1) is 24.7 Å². The highest BCUT2D eigenvalue weighted by Crippen LogP contribution is 2.24. The number of aryl methyl sites for hydroxylation is 1. The molecule has 1 aromatic heterocycles. The number of nitrogens with one attached hydrogen (secondary N) is 1. The van der Waals surface area contributed by atoms with Gasteiger partial charge in [-0.1, -0.05) is 30.3 Å². The predicted molar refractivity (Wildman–Crippen MR) is 94.2 cm³/mol. The molecular formula is C19H17N3O3. The first kappa shape index (κ1) is 16.4. The molecule has 25 heavy (non-hydrogen) atoms. The van der Waals surface area contributed by atoms with Crippen LogP contribution in [0.5, 0.6) is 17.4 Å². The van der Waals surface area contributed by atoms with Crippen LogP contribution in [0, 0.1) is 6.92 Å². The van der Waals surface area contributed by atoms with Gasteiger partial charge in [0.1, 0.15) is 11.5 Å². The lowest BCUT2D eigenvalue weighted by molar-refractivity contribution is 0.102. The summed E-state index contributed by atoms with van der Waals surface area (Å²) in [5.74, 6) is 1.06. The molecule has 2 aromatic carbocycles. The van der Waals surface area contributed by atoms with E-state index < -0.39 is 0 Å². The molecule has 3 rings (SSSR count). The molecule has 0 fully saturated rings. The van der Waals surface area contributed by atoms with Crippen LogP contribution in [0.1, 0.15) is 16.2 Å². The Bertz CT molecular complexity index is 882. The molecule has 0 unspecified atom stereocenters. The largest absolute Gasteiger partial charge is 0.495 e. The number of nitrogens with zero attached hydrogens (tertiary/aromatic N) is 2. The van der Waals surface area contributed by atoms with Crippen molar-refractivity contribution in [3.63, 3.8) is 0 Å². The summed E-state index contributed by atoms with van der Waals surface area (Å²) in [6, 6.07) is 16.4. The van der Waals surface area contributed by atoms with Crippen LogP contribution in [0.4, 0.5) is 5.69 Å². The van der Waals surface area contributed by atoms with Crippen LogP contribution < -0.4 is 14.8 Å². The average Bonchev–Trinajstić information content (AvgIpc) is 2.64. The molecule has 1 amide bonds. The molecule has 0 radical (unpaired) electrons. The number of hydrogen-bond donors (Lipinski definition) is 1. The quantitative estimate of drug-likeness (QED) is 0.767. The summed E-state index contributed by atoms with van der Waals surface area (Å²) in [5.41, 5.74) is 1.26. The first-order valence-electron chi connectivity index (χ1n) is 7.68. The van der Waals surface area contributed by atoms with Crippen molar-refractivity contribution in [3.8, 4) is 17.4 Å². The third-order valence-corrected chi connectivity index (χ3v) is 3.47. The fraction of sp³-hybridized carbons (Fsp3) is 0.105. The maximum atomic E-state index is 12.6. The third kappa shape index (κ3) is 3.92. The Morgan fingerprint density at radius 3 is 2.52 bits per heavy atom. The van der Waals surface area contributed by atoms with Gasteiger partial charge < -0.3 is 14.8 Å². The first-order valence-corrected chi connectivity index (χ1v) is 7.68. The van der Waals surface area contributed by atoms with E-state index in [0.717, 1.165) is 0 Å². The molecule has 6 nitrogen and oxygen atoms in total. The van der Waals surface area contributed by atoms with Gasteiger partial charge in [0.25, 0.3) is 5.91 Å². The van der Waals surface area contributed by atoms with Crippen LogP contribution >= 0.6 is 0 Å². The van der Waals surface area contributed by atoms with Gasteiger partial charge in [-0.3, -0.25) is 9.78 Å². The molecule has 0 saturated carbocycles. The molecule has 0 aliphatic rings. The normalized spacial score (nSPS) is 10.2. The Hall–Kier alpha value is -3.41. The second kappa shape index (κ2) is 7.44. The summed E-state index contributed by atoms with van der Waals surface area (Å²) in [6.07, 6.45) is 1.49. The number of rotatable bonds is 5. The molecule has 0 saturated heterocycles. The maximum absolute atomic E-state index is 12.6. The standard InChI is InChI=1S/C19H17N3O3/c1-13-18(19(23)21-15-10-6-7-11-16(15)24-2)22-17(12-20-13)25-14-8-4-3-5-9-14/h3-12H,1-2H3,(H,21,23). The van der Waals surface area contributed by atoms with Crippen molar-refractivity contribution in [3.05, 3.63) is 72.2 Å². The minimum atomic E-state index is -0.381. The molecule has 126 valence electrons. The molecule has 1 heterocycles. The SMILES string of the molecule is COc1ccccc1NC(=O)c1nc(Oc2ccccc2)cnc1C. The lowest BCUT2D eigenvalue weighted by Gasteiger charge is -2.11. The number of aromatic nitrogens is 2. The van der Waals surface area contributed by atoms with Crippen LogP contribution in [0.15, 0.2) is 60.8 Å². The lowest BCUT2D eigenvalue weighted by Crippen LogP contribution is -2.17. The average molecular weight is 335 g/mol. The minimum absolute atomic E-state index is 0.194. The fourth-order valence-corrected chi connectivity index (χ4v) is 2.24. The number of para-hydroxylation sites is 3. The monoisotopic (exact) mass is 335 g/mol. The van der Waals surface area contributed by atoms with Crippen molar-refractivity contribution < 1.29 is 14.3 Å². The molecule has 0 bridgehead atoms. The fourth-order valence-electron chi connectivity index (χ4n) is 2.24. The van der Waals surface area contributed by atoms with Gasteiger partial charge in [0.2, 0.25) is 5.88 Å². The maximum Gasteiger partial charge on any atom is 0.276 e. The zero-order chi connectivity index (χ0) is 17.6. The highest BCUT2D eigenvalue weighted by molar-refractivity contribution is 6.04. The van der Waals surface area contributed by atoms with E-state index >= 15 is 0 Å². The van der Waals surface area contributed by atoms with Crippen LogP contribution in [0.25, 0.3) is 0 Å². The zero-order valence-corrected chi connectivity index (χ0v) is 13.9. The van der Waals surface area contributed by atoms with Crippen molar-refractivity contribution in [2.24, 2.45) is 0 Å². The highest BCUT2D eigenvalue weighted by atomic mass is 16.5. The second-order valence-corrected chi connectivity index (χ2v) is 5.21. The molecule has 0 spiro atoms. The van der Waals surface area contributed by atoms with E-state index in [4.69, 9.17) is 9.47 Å². The van der Waals surface area contributed by atoms with Crippen molar-refractivity contribution in [2.45, 2.75) is 6.92 Å². The smallest absolute Gasteiger partial charge is 0.276 e. The summed E-state index contributed by atoms with van der Waals surface area (Å²) in [5, 5.41) is 2.79. The van der Waals surface area contributed by atoms with Crippen LogP contribution in [-0.4, -0.2) is 23.0 Å². The molecule has 0 aliphatic carbocycles. The molecule has 0 aliphatic heterocycles. The molecule has 1 N–H and O–H groups in total. The second-order valence-electron chi connectivity index (χ2n) is 5.21. The number of carbonyl (C=O) groups excluding carboxylic acids is 1. The summed E-state index contributed by atoms with van der Waals surface area (Å²) < 4.78 is 10.9. The van der Waals surface area contributed by atoms with Gasteiger partial charge in [0.15, 0.2) is 5.69 Å². The molecular weight excluding hydrogens is 318 g/mol. The van der Waals surface area contributed by atoms with Gasteiger partial charge in [-0.2, -0.15) is 0 Å². The van der Waals surface area contributed by atoms with Gasteiger partial charge in [-0.25, -0.2) is 4.98 Å². The number of benzene rings is 2. The lowest BCUT2D eigenvalue weighted by atomic mass is 10.2. The van der Waals surface area contributed by atoms with E-state index in [1.807, 2.05) is 30.3 Å². The van der Waals surface area contributed by atoms with Crippen LogP contribution in [-0.2, 0) is 0 Å². The third-order valence-electron chi connectivity index (χ3n) is 3.47. The van der Waals surface area contributed by atoms with Crippen molar-refractivity contribution in [1.29, 1.82) is 0 Å². The van der Waals surface area contributed by atoms with E-state index in [9.17, 15) is 4.79 Å². The van der Waals surface area contributed by atoms with E-state index in [2.05, 4.69) is 15.3 Å². The minimum Gasteiger partial charge on any atom is -0.495 e. The van der Waals surface area contributed by atoms with E-state index in [-0.39, 0.29) is 17.5 Å². The molecule has 3 aromatic rings. The number of ether oxygens (including phenoxy) is 2. The summed E-state index contributed by atoms with van der Waals surface area (Å²) in [6.45, 7) is 1.72. The molecule has 0 atom stereocenters. The topological polar surface area (TPSA) is 73.3 Å². The Labute approximate surface area is 145 Å². The van der Waals surface area contributed by atoms with Crippen LogP contribution in [0.3, 0.4) is 0 Å². The Morgan fingerprint density at radius 1 is 1.04 bits per heavy atom. The number of anilines is 1. The first-order chi connectivity index (χ1) is 12.2. The van der Waals surface area contributed by atoms with Gasteiger partial charge in [-0.05, 0) is 31.2 Å². The van der Waals surface area contributed by atoms with Gasteiger partial charge in [-0.15, -0.1) is 0 Å². The van der Waals surface area contributed by atoms with Crippen molar-refractivity contribution in [1.82, 2.24) is 9.97 Å². The summed E-state index contributed by atoms with van der Waals surface area (Å²) in [7, 11) is 1.55. The van der Waals surface area contributed by atoms with Crippen molar-refractivity contribution >= 4 is 11.6 Å². The Kier molecular flexibility index (Phi) is 4.89. The molecule has 6 heteroatoms.